The first-order chi connectivity index (χ1) is 16.0. The summed E-state index contributed by atoms with van der Waals surface area (Å²) in [6, 6.07) is 8.30. The van der Waals surface area contributed by atoms with Gasteiger partial charge in [-0.25, -0.2) is 4.98 Å². The summed E-state index contributed by atoms with van der Waals surface area (Å²) in [6.45, 7) is 10.5. The molecule has 2 fully saturated rings. The van der Waals surface area contributed by atoms with E-state index in [1.165, 1.54) is 5.56 Å². The maximum Gasteiger partial charge on any atom is 0.260 e. The van der Waals surface area contributed by atoms with Gasteiger partial charge < -0.3 is 9.88 Å². The van der Waals surface area contributed by atoms with Crippen molar-refractivity contribution in [2.45, 2.75) is 33.2 Å². The topological polar surface area (TPSA) is 72.5 Å². The third kappa shape index (κ3) is 4.74. The lowest BCUT2D eigenvalue weighted by molar-refractivity contribution is -0.131. The third-order valence-electron chi connectivity index (χ3n) is 6.78. The second kappa shape index (κ2) is 9.37. The molecule has 7 nitrogen and oxygen atoms in total. The Kier molecular flexibility index (Phi) is 6.32. The number of fused-ring (bicyclic) bond motifs is 1. The fraction of sp³-hybridized carbons (Fsp3) is 0.480. The minimum absolute atomic E-state index is 0.0650. The van der Waals surface area contributed by atoms with Gasteiger partial charge >= 0.3 is 0 Å². The van der Waals surface area contributed by atoms with Gasteiger partial charge in [-0.3, -0.25) is 19.4 Å². The van der Waals surface area contributed by atoms with Crippen LogP contribution < -0.4 is 5.56 Å². The van der Waals surface area contributed by atoms with E-state index < -0.39 is 0 Å². The van der Waals surface area contributed by atoms with Gasteiger partial charge in [0.2, 0.25) is 5.91 Å². The van der Waals surface area contributed by atoms with Crippen molar-refractivity contribution in [1.29, 1.82) is 0 Å². The molecular formula is C25H31N5O2S. The van der Waals surface area contributed by atoms with Gasteiger partial charge in [-0.2, -0.15) is 0 Å². The van der Waals surface area contributed by atoms with Crippen molar-refractivity contribution in [2.24, 2.45) is 0 Å². The molecule has 2 aliphatic rings. The van der Waals surface area contributed by atoms with Crippen LogP contribution in [-0.4, -0.2) is 76.4 Å². The predicted molar refractivity (Wildman–Crippen MR) is 133 cm³/mol. The number of H-pyrrole nitrogens is 1. The van der Waals surface area contributed by atoms with E-state index in [0.717, 1.165) is 72.9 Å². The average molecular weight is 466 g/mol. The predicted octanol–water partition coefficient (Wildman–Crippen LogP) is 3.01. The highest BCUT2D eigenvalue weighted by Gasteiger charge is 2.24. The fourth-order valence-corrected chi connectivity index (χ4v) is 5.95. The van der Waals surface area contributed by atoms with E-state index in [-0.39, 0.29) is 11.5 Å². The number of nitrogens with one attached hydrogen (secondary N) is 1. The molecule has 2 aromatic heterocycles. The van der Waals surface area contributed by atoms with Crippen LogP contribution in [0.2, 0.25) is 0 Å². The van der Waals surface area contributed by atoms with E-state index in [4.69, 9.17) is 4.98 Å². The molecule has 1 aromatic carbocycles. The second-order valence-corrected chi connectivity index (χ2v) is 10.4. The van der Waals surface area contributed by atoms with Crippen LogP contribution in [0.5, 0.6) is 0 Å². The van der Waals surface area contributed by atoms with Gasteiger partial charge in [0.15, 0.2) is 0 Å². The number of rotatable bonds is 5. The number of hydrogen-bond acceptors (Lipinski definition) is 6. The monoisotopic (exact) mass is 465 g/mol. The molecule has 2 aliphatic heterocycles. The van der Waals surface area contributed by atoms with Crippen LogP contribution in [0, 0.1) is 13.8 Å². The van der Waals surface area contributed by atoms with Crippen LogP contribution in [0.15, 0.2) is 29.1 Å². The molecule has 33 heavy (non-hydrogen) atoms. The maximum atomic E-state index is 13.1. The summed E-state index contributed by atoms with van der Waals surface area (Å²) in [5.74, 6) is 0.973. The summed E-state index contributed by atoms with van der Waals surface area (Å²) in [7, 11) is 0. The lowest BCUT2D eigenvalue weighted by Gasteiger charge is -2.34. The van der Waals surface area contributed by atoms with E-state index in [9.17, 15) is 9.59 Å². The molecule has 0 atom stereocenters. The van der Waals surface area contributed by atoms with E-state index in [2.05, 4.69) is 52.9 Å². The summed E-state index contributed by atoms with van der Waals surface area (Å²) in [5.41, 5.74) is 3.19. The maximum absolute atomic E-state index is 13.1. The zero-order chi connectivity index (χ0) is 22.9. The van der Waals surface area contributed by atoms with Gasteiger partial charge in [-0.05, 0) is 32.3 Å². The van der Waals surface area contributed by atoms with Crippen LogP contribution in [0.4, 0.5) is 0 Å². The summed E-state index contributed by atoms with van der Waals surface area (Å²) >= 11 is 1.59. The number of carbonyl (C=O) groups is 1. The third-order valence-corrected chi connectivity index (χ3v) is 7.78. The smallest absolute Gasteiger partial charge is 0.260 e. The van der Waals surface area contributed by atoms with Gasteiger partial charge in [0, 0.05) is 49.7 Å². The van der Waals surface area contributed by atoms with Crippen LogP contribution >= 0.6 is 11.3 Å². The molecule has 8 heteroatoms. The molecule has 0 unspecified atom stereocenters. The van der Waals surface area contributed by atoms with E-state index >= 15 is 0 Å². The normalized spacial score (nSPS) is 17.8. The number of carbonyl (C=O) groups excluding carboxylic acids is 1. The summed E-state index contributed by atoms with van der Waals surface area (Å²) in [6.07, 6.45) is 2.26. The SMILES string of the molecule is Cc1ccc(-c2c(C)sc3nc(CN4CCN(CC(=O)N5CCCC5)CC4)[nH]c(=O)c23)cc1. The fourth-order valence-electron chi connectivity index (χ4n) is 4.88. The molecule has 2 saturated heterocycles. The number of aromatic nitrogens is 2. The Morgan fingerprint density at radius 3 is 2.36 bits per heavy atom. The lowest BCUT2D eigenvalue weighted by atomic mass is 10.0. The standard InChI is InChI=1S/C25H31N5O2S/c1-17-5-7-19(8-6-17)22-18(2)33-25-23(22)24(32)26-20(27-25)15-28-11-13-29(14-12-28)16-21(31)30-9-3-4-10-30/h5-8H,3-4,9-16H2,1-2H3,(H,26,27,32). The van der Waals surface area contributed by atoms with Gasteiger partial charge in [0.05, 0.1) is 18.5 Å². The van der Waals surface area contributed by atoms with Crippen LogP contribution in [0.1, 0.15) is 29.1 Å². The van der Waals surface area contributed by atoms with E-state index in [0.29, 0.717) is 24.3 Å². The molecule has 0 spiro atoms. The number of thiophene rings is 1. The lowest BCUT2D eigenvalue weighted by Crippen LogP contribution is -2.49. The minimum Gasteiger partial charge on any atom is -0.342 e. The van der Waals surface area contributed by atoms with Crippen LogP contribution in [-0.2, 0) is 11.3 Å². The molecular weight excluding hydrogens is 434 g/mol. The Morgan fingerprint density at radius 2 is 1.67 bits per heavy atom. The first-order valence-corrected chi connectivity index (χ1v) is 12.6. The van der Waals surface area contributed by atoms with Crippen molar-refractivity contribution in [3.63, 3.8) is 0 Å². The molecule has 0 saturated carbocycles. The van der Waals surface area contributed by atoms with Crippen molar-refractivity contribution in [1.82, 2.24) is 24.7 Å². The summed E-state index contributed by atoms with van der Waals surface area (Å²) in [5, 5.41) is 0.690. The van der Waals surface area contributed by atoms with Gasteiger partial charge in [-0.15, -0.1) is 11.3 Å². The molecule has 174 valence electrons. The highest BCUT2D eigenvalue weighted by Crippen LogP contribution is 2.35. The number of nitrogens with zero attached hydrogens (tertiary/aromatic N) is 4. The zero-order valence-corrected chi connectivity index (χ0v) is 20.2. The Labute approximate surface area is 198 Å². The Bertz CT molecular complexity index is 1200. The van der Waals surface area contributed by atoms with Gasteiger partial charge in [-0.1, -0.05) is 29.8 Å². The second-order valence-electron chi connectivity index (χ2n) is 9.23. The van der Waals surface area contributed by atoms with Crippen molar-refractivity contribution in [2.75, 3.05) is 45.8 Å². The van der Waals surface area contributed by atoms with Crippen molar-refractivity contribution in [3.8, 4) is 11.1 Å². The van der Waals surface area contributed by atoms with Crippen molar-refractivity contribution >= 4 is 27.5 Å². The minimum atomic E-state index is -0.0650. The number of aromatic amines is 1. The highest BCUT2D eigenvalue weighted by molar-refractivity contribution is 7.19. The van der Waals surface area contributed by atoms with Crippen LogP contribution in [0.25, 0.3) is 21.3 Å². The van der Waals surface area contributed by atoms with Crippen molar-refractivity contribution in [3.05, 3.63) is 50.9 Å². The quantitative estimate of drug-likeness (QED) is 0.627. The van der Waals surface area contributed by atoms with Crippen molar-refractivity contribution < 1.29 is 4.79 Å². The first kappa shape index (κ1) is 22.3. The molecule has 0 bridgehead atoms. The molecule has 3 aromatic rings. The number of hydrogen-bond donors (Lipinski definition) is 1. The molecule has 1 N–H and O–H groups in total. The number of amides is 1. The summed E-state index contributed by atoms with van der Waals surface area (Å²) < 4.78 is 0. The van der Waals surface area contributed by atoms with E-state index in [1.54, 1.807) is 11.3 Å². The molecule has 0 aliphatic carbocycles. The Hall–Kier alpha value is -2.55. The zero-order valence-electron chi connectivity index (χ0n) is 19.4. The number of likely N-dealkylation sites (tertiary alicyclic amines) is 1. The number of piperazine rings is 1. The molecule has 0 radical (unpaired) electrons. The Morgan fingerprint density at radius 1 is 1.00 bits per heavy atom. The first-order valence-electron chi connectivity index (χ1n) is 11.8. The van der Waals surface area contributed by atoms with E-state index in [1.807, 2.05) is 4.90 Å². The average Bonchev–Trinajstić information content (AvgIpc) is 3.44. The van der Waals surface area contributed by atoms with Gasteiger partial charge in [0.25, 0.3) is 5.56 Å². The molecule has 1 amide bonds. The highest BCUT2D eigenvalue weighted by atomic mass is 32.1. The molecule has 5 rings (SSSR count). The van der Waals surface area contributed by atoms with Crippen LogP contribution in [0.3, 0.4) is 0 Å². The number of aryl methyl sites for hydroxylation is 2. The largest absolute Gasteiger partial charge is 0.342 e. The Balaban J connectivity index is 1.26. The summed E-state index contributed by atoms with van der Waals surface area (Å²) in [4.78, 5) is 41.8. The van der Waals surface area contributed by atoms with Gasteiger partial charge in [0.1, 0.15) is 10.7 Å². The molecule has 4 heterocycles. The number of benzene rings is 1.